The first kappa shape index (κ1) is 11.9. The highest BCUT2D eigenvalue weighted by atomic mass is 16.5. The lowest BCUT2D eigenvalue weighted by atomic mass is 10.0. The Morgan fingerprint density at radius 3 is 2.86 bits per heavy atom. The molecule has 0 aromatic carbocycles. The third kappa shape index (κ3) is 3.92. The molecule has 1 rings (SSSR count). The number of rotatable bonds is 6. The molecule has 0 bridgehead atoms. The van der Waals surface area contributed by atoms with Gasteiger partial charge in [0, 0.05) is 19.6 Å². The average Bonchev–Trinajstić information content (AvgIpc) is 2.67. The molecular formula is C10H20O4. The van der Waals surface area contributed by atoms with Crippen LogP contribution in [0.2, 0.25) is 0 Å². The number of methoxy groups -OCH3 is 1. The van der Waals surface area contributed by atoms with Crippen LogP contribution >= 0.6 is 0 Å². The Bertz CT molecular complexity index is 145. The highest BCUT2D eigenvalue weighted by Gasteiger charge is 2.24. The molecule has 3 atom stereocenters. The molecule has 0 aromatic heterocycles. The largest absolute Gasteiger partial charge is 0.390 e. The van der Waals surface area contributed by atoms with Gasteiger partial charge >= 0.3 is 0 Å². The highest BCUT2D eigenvalue weighted by Crippen LogP contribution is 2.17. The van der Waals surface area contributed by atoms with Gasteiger partial charge in [-0.15, -0.1) is 0 Å². The van der Waals surface area contributed by atoms with Gasteiger partial charge in [0.05, 0.1) is 32.0 Å². The van der Waals surface area contributed by atoms with Crippen molar-refractivity contribution < 1.29 is 19.3 Å². The summed E-state index contributed by atoms with van der Waals surface area (Å²) in [4.78, 5) is 0. The van der Waals surface area contributed by atoms with Crippen LogP contribution in [0.3, 0.4) is 0 Å². The zero-order valence-electron chi connectivity index (χ0n) is 8.94. The summed E-state index contributed by atoms with van der Waals surface area (Å²) in [5.74, 6) is 0.241. The zero-order chi connectivity index (χ0) is 10.4. The molecule has 14 heavy (non-hydrogen) atoms. The van der Waals surface area contributed by atoms with E-state index in [0.717, 1.165) is 13.0 Å². The van der Waals surface area contributed by atoms with Gasteiger partial charge in [0.25, 0.3) is 0 Å². The van der Waals surface area contributed by atoms with Crippen molar-refractivity contribution >= 4 is 0 Å². The maximum absolute atomic E-state index is 9.72. The molecular weight excluding hydrogens is 184 g/mol. The molecule has 84 valence electrons. The fourth-order valence-corrected chi connectivity index (χ4v) is 1.54. The van der Waals surface area contributed by atoms with Gasteiger partial charge in [-0.3, -0.25) is 0 Å². The Morgan fingerprint density at radius 1 is 1.50 bits per heavy atom. The zero-order valence-corrected chi connectivity index (χ0v) is 8.94. The van der Waals surface area contributed by atoms with E-state index in [0.29, 0.717) is 19.8 Å². The lowest BCUT2D eigenvalue weighted by Gasteiger charge is -2.19. The molecule has 4 nitrogen and oxygen atoms in total. The molecule has 1 saturated heterocycles. The van der Waals surface area contributed by atoms with Crippen LogP contribution in [0.25, 0.3) is 0 Å². The van der Waals surface area contributed by atoms with Crippen molar-refractivity contribution in [3.05, 3.63) is 0 Å². The van der Waals surface area contributed by atoms with E-state index in [4.69, 9.17) is 14.2 Å². The average molecular weight is 204 g/mol. The van der Waals surface area contributed by atoms with Gasteiger partial charge in [-0.05, 0) is 13.3 Å². The molecule has 0 spiro atoms. The summed E-state index contributed by atoms with van der Waals surface area (Å²) >= 11 is 0. The second kappa shape index (κ2) is 6.35. The second-order valence-corrected chi connectivity index (χ2v) is 3.79. The Labute approximate surface area is 85.2 Å². The van der Waals surface area contributed by atoms with Gasteiger partial charge in [0.1, 0.15) is 0 Å². The number of hydrogen-bond acceptors (Lipinski definition) is 4. The van der Waals surface area contributed by atoms with Crippen LogP contribution < -0.4 is 0 Å². The van der Waals surface area contributed by atoms with E-state index in [1.54, 1.807) is 7.11 Å². The second-order valence-electron chi connectivity index (χ2n) is 3.79. The van der Waals surface area contributed by atoms with Crippen molar-refractivity contribution in [2.75, 3.05) is 33.5 Å². The highest BCUT2D eigenvalue weighted by molar-refractivity contribution is 4.72. The summed E-state index contributed by atoms with van der Waals surface area (Å²) in [6, 6.07) is 0. The number of aliphatic hydroxyl groups is 1. The maximum atomic E-state index is 9.72. The van der Waals surface area contributed by atoms with Gasteiger partial charge in [-0.1, -0.05) is 0 Å². The molecule has 0 aromatic rings. The molecule has 0 amide bonds. The van der Waals surface area contributed by atoms with Crippen molar-refractivity contribution in [2.24, 2.45) is 5.92 Å². The van der Waals surface area contributed by atoms with Gasteiger partial charge in [0.2, 0.25) is 0 Å². The summed E-state index contributed by atoms with van der Waals surface area (Å²) < 4.78 is 15.5. The molecule has 3 unspecified atom stereocenters. The van der Waals surface area contributed by atoms with E-state index in [2.05, 4.69) is 0 Å². The third-order valence-corrected chi connectivity index (χ3v) is 2.46. The lowest BCUT2D eigenvalue weighted by Crippen LogP contribution is -2.29. The predicted octanol–water partition coefficient (Wildman–Crippen LogP) is 0.435. The number of ether oxygens (including phenoxy) is 3. The monoisotopic (exact) mass is 204 g/mol. The molecule has 0 aliphatic carbocycles. The summed E-state index contributed by atoms with van der Waals surface area (Å²) in [6.45, 7) is 4.28. The first-order valence-electron chi connectivity index (χ1n) is 5.10. The van der Waals surface area contributed by atoms with Crippen molar-refractivity contribution in [2.45, 2.75) is 25.6 Å². The topological polar surface area (TPSA) is 47.9 Å². The van der Waals surface area contributed by atoms with Gasteiger partial charge in [0.15, 0.2) is 0 Å². The standard InChI is InChI=1S/C10H20O4/c1-8(5-12-2)14-7-10(11)9-3-4-13-6-9/h8-11H,3-7H2,1-2H3. The molecule has 0 saturated carbocycles. The normalized spacial score (nSPS) is 26.4. The Balaban J connectivity index is 2.10. The van der Waals surface area contributed by atoms with E-state index in [9.17, 15) is 5.11 Å². The van der Waals surface area contributed by atoms with Gasteiger partial charge < -0.3 is 19.3 Å². The van der Waals surface area contributed by atoms with Crippen LogP contribution in [0.15, 0.2) is 0 Å². The first-order valence-corrected chi connectivity index (χ1v) is 5.10. The smallest absolute Gasteiger partial charge is 0.0824 e. The van der Waals surface area contributed by atoms with Crippen molar-refractivity contribution in [1.82, 2.24) is 0 Å². The van der Waals surface area contributed by atoms with Crippen LogP contribution in [-0.4, -0.2) is 50.9 Å². The van der Waals surface area contributed by atoms with Crippen molar-refractivity contribution in [3.63, 3.8) is 0 Å². The minimum Gasteiger partial charge on any atom is -0.390 e. The summed E-state index contributed by atoms with van der Waals surface area (Å²) in [5.41, 5.74) is 0. The van der Waals surface area contributed by atoms with Crippen LogP contribution in [0.1, 0.15) is 13.3 Å². The predicted molar refractivity (Wildman–Crippen MR) is 52.2 cm³/mol. The summed E-state index contributed by atoms with van der Waals surface area (Å²) in [7, 11) is 1.64. The van der Waals surface area contributed by atoms with E-state index < -0.39 is 6.10 Å². The minimum atomic E-state index is -0.406. The van der Waals surface area contributed by atoms with Crippen LogP contribution in [0, 0.1) is 5.92 Å². The van der Waals surface area contributed by atoms with Crippen LogP contribution in [-0.2, 0) is 14.2 Å². The van der Waals surface area contributed by atoms with Crippen LogP contribution in [0.4, 0.5) is 0 Å². The molecule has 4 heteroatoms. The SMILES string of the molecule is COCC(C)OCC(O)C1CCOC1. The third-order valence-electron chi connectivity index (χ3n) is 2.46. The molecule has 1 N–H and O–H groups in total. The van der Waals surface area contributed by atoms with E-state index in [1.165, 1.54) is 0 Å². The van der Waals surface area contributed by atoms with Gasteiger partial charge in [-0.25, -0.2) is 0 Å². The minimum absolute atomic E-state index is 0.0389. The number of aliphatic hydroxyl groups excluding tert-OH is 1. The Morgan fingerprint density at radius 2 is 2.29 bits per heavy atom. The molecule has 0 radical (unpaired) electrons. The van der Waals surface area contributed by atoms with Gasteiger partial charge in [-0.2, -0.15) is 0 Å². The van der Waals surface area contributed by atoms with Crippen LogP contribution in [0.5, 0.6) is 0 Å². The van der Waals surface area contributed by atoms with E-state index in [-0.39, 0.29) is 12.0 Å². The Kier molecular flexibility index (Phi) is 5.40. The van der Waals surface area contributed by atoms with Crippen molar-refractivity contribution in [3.8, 4) is 0 Å². The fourth-order valence-electron chi connectivity index (χ4n) is 1.54. The van der Waals surface area contributed by atoms with E-state index in [1.807, 2.05) is 6.92 Å². The molecule has 1 aliphatic heterocycles. The van der Waals surface area contributed by atoms with Crippen molar-refractivity contribution in [1.29, 1.82) is 0 Å². The first-order chi connectivity index (χ1) is 6.74. The Hall–Kier alpha value is -0.160. The molecule has 1 aliphatic rings. The fraction of sp³-hybridized carbons (Fsp3) is 1.00. The quantitative estimate of drug-likeness (QED) is 0.682. The number of hydrogen-bond donors (Lipinski definition) is 1. The summed E-state index contributed by atoms with van der Waals surface area (Å²) in [5, 5.41) is 9.72. The lowest BCUT2D eigenvalue weighted by molar-refractivity contribution is -0.0485. The maximum Gasteiger partial charge on any atom is 0.0824 e. The molecule has 1 heterocycles. The summed E-state index contributed by atoms with van der Waals surface area (Å²) in [6.07, 6.45) is 0.567. The van der Waals surface area contributed by atoms with E-state index >= 15 is 0 Å². The molecule has 1 fully saturated rings.